The fraction of sp³-hybridized carbons (Fsp3) is 0.583. The van der Waals surface area contributed by atoms with Crippen molar-refractivity contribution < 1.29 is 19.8 Å². The predicted molar refractivity (Wildman–Crippen MR) is 75.8 cm³/mol. The van der Waals surface area contributed by atoms with E-state index in [2.05, 4.69) is 15.6 Å². The first-order valence-corrected chi connectivity index (χ1v) is 6.96. The number of rotatable bonds is 5. The SMILES string of the molecule is CC(C)(C)C(O)C[C@H](NC(=O)O)C(=O)Nc1nccs1. The number of anilines is 1. The third kappa shape index (κ3) is 5.14. The van der Waals surface area contributed by atoms with Crippen LogP contribution in [0.3, 0.4) is 0 Å². The van der Waals surface area contributed by atoms with Crippen LogP contribution in [0.2, 0.25) is 0 Å². The Bertz CT molecular complexity index is 456. The number of aromatic nitrogens is 1. The molecule has 2 amide bonds. The number of carbonyl (C=O) groups excluding carboxylic acids is 1. The molecule has 2 atom stereocenters. The van der Waals surface area contributed by atoms with Crippen LogP contribution in [0.15, 0.2) is 11.6 Å². The molecule has 0 bridgehead atoms. The summed E-state index contributed by atoms with van der Waals surface area (Å²) in [6, 6.07) is -1.04. The summed E-state index contributed by atoms with van der Waals surface area (Å²) >= 11 is 1.23. The van der Waals surface area contributed by atoms with E-state index >= 15 is 0 Å². The van der Waals surface area contributed by atoms with E-state index in [0.29, 0.717) is 5.13 Å². The molecule has 0 aliphatic heterocycles. The van der Waals surface area contributed by atoms with E-state index in [9.17, 15) is 14.7 Å². The Morgan fingerprint density at radius 3 is 2.55 bits per heavy atom. The first-order chi connectivity index (χ1) is 9.20. The fourth-order valence-corrected chi connectivity index (χ4v) is 1.97. The molecule has 7 nitrogen and oxygen atoms in total. The second-order valence-corrected chi connectivity index (χ2v) is 6.34. The zero-order valence-electron chi connectivity index (χ0n) is 11.6. The van der Waals surface area contributed by atoms with Gasteiger partial charge in [0.05, 0.1) is 6.10 Å². The number of nitrogens with zero attached hydrogens (tertiary/aromatic N) is 1. The number of aliphatic hydroxyl groups is 1. The molecule has 0 aromatic carbocycles. The third-order valence-electron chi connectivity index (χ3n) is 2.74. The van der Waals surface area contributed by atoms with E-state index in [4.69, 9.17) is 5.11 Å². The van der Waals surface area contributed by atoms with Gasteiger partial charge in [-0.2, -0.15) is 0 Å². The summed E-state index contributed by atoms with van der Waals surface area (Å²) in [6.07, 6.45) is -0.608. The van der Waals surface area contributed by atoms with Gasteiger partial charge < -0.3 is 20.8 Å². The monoisotopic (exact) mass is 301 g/mol. The van der Waals surface area contributed by atoms with Crippen molar-refractivity contribution in [3.05, 3.63) is 11.6 Å². The number of amides is 2. The fourth-order valence-electron chi connectivity index (χ4n) is 1.44. The Morgan fingerprint density at radius 1 is 1.45 bits per heavy atom. The van der Waals surface area contributed by atoms with Crippen molar-refractivity contribution in [2.24, 2.45) is 5.41 Å². The third-order valence-corrected chi connectivity index (χ3v) is 3.42. The summed E-state index contributed by atoms with van der Waals surface area (Å²) in [7, 11) is 0. The molecule has 0 saturated heterocycles. The molecular weight excluding hydrogens is 282 g/mol. The van der Waals surface area contributed by atoms with Crippen molar-refractivity contribution in [3.63, 3.8) is 0 Å². The lowest BCUT2D eigenvalue weighted by atomic mass is 9.85. The molecule has 0 aliphatic carbocycles. The normalized spacial score (nSPS) is 14.4. The first-order valence-electron chi connectivity index (χ1n) is 6.08. The highest BCUT2D eigenvalue weighted by molar-refractivity contribution is 7.13. The van der Waals surface area contributed by atoms with Crippen LogP contribution in [0.1, 0.15) is 27.2 Å². The van der Waals surface area contributed by atoms with Crippen molar-refractivity contribution in [1.29, 1.82) is 0 Å². The molecule has 0 aliphatic rings. The van der Waals surface area contributed by atoms with Crippen LogP contribution in [0, 0.1) is 5.41 Å². The van der Waals surface area contributed by atoms with Gasteiger partial charge in [-0.05, 0) is 5.41 Å². The zero-order chi connectivity index (χ0) is 15.3. The molecule has 112 valence electrons. The van der Waals surface area contributed by atoms with Gasteiger partial charge in [0.1, 0.15) is 6.04 Å². The lowest BCUT2D eigenvalue weighted by Gasteiger charge is -2.28. The summed E-state index contributed by atoms with van der Waals surface area (Å²) in [5, 5.41) is 25.5. The van der Waals surface area contributed by atoms with Crippen LogP contribution in [0.5, 0.6) is 0 Å². The van der Waals surface area contributed by atoms with Gasteiger partial charge >= 0.3 is 6.09 Å². The van der Waals surface area contributed by atoms with Gasteiger partial charge in [0.25, 0.3) is 0 Å². The smallest absolute Gasteiger partial charge is 0.405 e. The molecule has 0 spiro atoms. The van der Waals surface area contributed by atoms with E-state index in [1.54, 1.807) is 5.38 Å². The predicted octanol–water partition coefficient (Wildman–Crippen LogP) is 1.51. The molecule has 0 radical (unpaired) electrons. The van der Waals surface area contributed by atoms with Crippen molar-refractivity contribution >= 4 is 28.5 Å². The quantitative estimate of drug-likeness (QED) is 0.659. The van der Waals surface area contributed by atoms with Gasteiger partial charge in [-0.3, -0.25) is 4.79 Å². The molecule has 4 N–H and O–H groups in total. The molecule has 1 aromatic rings. The molecule has 0 fully saturated rings. The maximum Gasteiger partial charge on any atom is 0.405 e. The molecule has 1 heterocycles. The Balaban J connectivity index is 2.73. The van der Waals surface area contributed by atoms with Crippen molar-refractivity contribution in [3.8, 4) is 0 Å². The average Bonchev–Trinajstić information content (AvgIpc) is 2.78. The highest BCUT2D eigenvalue weighted by atomic mass is 32.1. The molecule has 0 saturated carbocycles. The van der Waals surface area contributed by atoms with Crippen LogP contribution in [-0.2, 0) is 4.79 Å². The number of thiazole rings is 1. The molecule has 1 rings (SSSR count). The Kier molecular flexibility index (Phi) is 5.46. The minimum atomic E-state index is -1.31. The minimum Gasteiger partial charge on any atom is -0.465 e. The maximum absolute atomic E-state index is 12.0. The van der Waals surface area contributed by atoms with Crippen molar-refractivity contribution in [2.45, 2.75) is 39.3 Å². The lowest BCUT2D eigenvalue weighted by Crippen LogP contribution is -2.47. The Labute approximate surface area is 121 Å². The largest absolute Gasteiger partial charge is 0.465 e. The Hall–Kier alpha value is -1.67. The summed E-state index contributed by atoms with van der Waals surface area (Å²) < 4.78 is 0. The van der Waals surface area contributed by atoms with Gasteiger partial charge in [0.2, 0.25) is 5.91 Å². The van der Waals surface area contributed by atoms with Gasteiger partial charge in [-0.1, -0.05) is 20.8 Å². The highest BCUT2D eigenvalue weighted by Crippen LogP contribution is 2.23. The first kappa shape index (κ1) is 16.4. The van der Waals surface area contributed by atoms with Crippen LogP contribution < -0.4 is 10.6 Å². The lowest BCUT2D eigenvalue weighted by molar-refractivity contribution is -0.119. The highest BCUT2D eigenvalue weighted by Gasteiger charge is 2.30. The van der Waals surface area contributed by atoms with Crippen LogP contribution in [-0.4, -0.2) is 39.3 Å². The van der Waals surface area contributed by atoms with E-state index in [0.717, 1.165) is 0 Å². The van der Waals surface area contributed by atoms with Gasteiger partial charge in [0, 0.05) is 18.0 Å². The Morgan fingerprint density at radius 2 is 2.10 bits per heavy atom. The number of carboxylic acid groups (broad SMARTS) is 1. The van der Waals surface area contributed by atoms with Gasteiger partial charge in [-0.25, -0.2) is 9.78 Å². The number of nitrogens with one attached hydrogen (secondary N) is 2. The molecule has 1 aromatic heterocycles. The van der Waals surface area contributed by atoms with Crippen LogP contribution in [0.4, 0.5) is 9.93 Å². The summed E-state index contributed by atoms with van der Waals surface area (Å²) in [5.74, 6) is -0.536. The van der Waals surface area contributed by atoms with E-state index in [1.165, 1.54) is 17.5 Å². The van der Waals surface area contributed by atoms with Gasteiger partial charge in [0.15, 0.2) is 5.13 Å². The molecule has 8 heteroatoms. The second kappa shape index (κ2) is 6.67. The molecule has 1 unspecified atom stereocenters. The van der Waals surface area contributed by atoms with E-state index in [1.807, 2.05) is 20.8 Å². The average molecular weight is 301 g/mol. The second-order valence-electron chi connectivity index (χ2n) is 5.45. The zero-order valence-corrected chi connectivity index (χ0v) is 12.4. The number of hydrogen-bond donors (Lipinski definition) is 4. The topological polar surface area (TPSA) is 112 Å². The van der Waals surface area contributed by atoms with Crippen molar-refractivity contribution in [1.82, 2.24) is 10.3 Å². The van der Waals surface area contributed by atoms with E-state index < -0.39 is 29.6 Å². The maximum atomic E-state index is 12.0. The van der Waals surface area contributed by atoms with E-state index in [-0.39, 0.29) is 6.42 Å². The minimum absolute atomic E-state index is 0.00694. The number of hydrogen-bond acceptors (Lipinski definition) is 5. The van der Waals surface area contributed by atoms with Gasteiger partial charge in [-0.15, -0.1) is 11.3 Å². The summed E-state index contributed by atoms with van der Waals surface area (Å²) in [4.78, 5) is 26.7. The van der Waals surface area contributed by atoms with Crippen molar-refractivity contribution in [2.75, 3.05) is 5.32 Å². The number of carbonyl (C=O) groups is 2. The number of aliphatic hydroxyl groups excluding tert-OH is 1. The molecule has 20 heavy (non-hydrogen) atoms. The summed E-state index contributed by atoms with van der Waals surface area (Å²) in [5.41, 5.74) is -0.445. The van der Waals surface area contributed by atoms with Crippen LogP contribution >= 0.6 is 11.3 Å². The summed E-state index contributed by atoms with van der Waals surface area (Å²) in [6.45, 7) is 5.44. The standard InChI is InChI=1S/C12H19N3O4S/c1-12(2,3)8(16)6-7(14-11(18)19)9(17)15-10-13-4-5-20-10/h4-5,7-8,14,16H,6H2,1-3H3,(H,18,19)(H,13,15,17)/t7-,8?/m0/s1. The van der Waals surface area contributed by atoms with Crippen LogP contribution in [0.25, 0.3) is 0 Å². The molecular formula is C12H19N3O4S.